The molecule has 3 heteroatoms. The van der Waals surface area contributed by atoms with Crippen LogP contribution >= 0.6 is 0 Å². The van der Waals surface area contributed by atoms with E-state index in [0.29, 0.717) is 0 Å². The van der Waals surface area contributed by atoms with Crippen molar-refractivity contribution in [2.45, 2.75) is 32.2 Å². The Morgan fingerprint density at radius 2 is 1.88 bits per heavy atom. The maximum Gasteiger partial charge on any atom is 0.325 e. The van der Waals surface area contributed by atoms with Gasteiger partial charge in [-0.2, -0.15) is 0 Å². The Morgan fingerprint density at radius 3 is 2.35 bits per heavy atom. The molecule has 0 bridgehead atoms. The zero-order valence-electron chi connectivity index (χ0n) is 10.2. The quantitative estimate of drug-likeness (QED) is 0.868. The Morgan fingerprint density at radius 1 is 1.29 bits per heavy atom. The van der Waals surface area contributed by atoms with Crippen molar-refractivity contribution in [1.29, 1.82) is 0 Å². The molecule has 0 aliphatic carbocycles. The number of aliphatic carboxylic acids is 1. The first kappa shape index (κ1) is 12.1. The zero-order chi connectivity index (χ0) is 12.3. The lowest BCUT2D eigenvalue weighted by Gasteiger charge is -2.24. The molecule has 3 nitrogen and oxygen atoms in total. The van der Waals surface area contributed by atoms with Gasteiger partial charge in [-0.3, -0.25) is 9.69 Å². The van der Waals surface area contributed by atoms with Gasteiger partial charge in [0.2, 0.25) is 0 Å². The van der Waals surface area contributed by atoms with Gasteiger partial charge in [-0.25, -0.2) is 0 Å². The summed E-state index contributed by atoms with van der Waals surface area (Å²) in [5.74, 6) is -0.740. The van der Waals surface area contributed by atoms with Crippen LogP contribution in [0.3, 0.4) is 0 Å². The first-order valence-corrected chi connectivity index (χ1v) is 6.28. The molecule has 0 saturated carbocycles. The van der Waals surface area contributed by atoms with Gasteiger partial charge >= 0.3 is 5.97 Å². The zero-order valence-corrected chi connectivity index (χ0v) is 10.2. The van der Waals surface area contributed by atoms with Gasteiger partial charge in [-0.15, -0.1) is 0 Å². The van der Waals surface area contributed by atoms with E-state index in [9.17, 15) is 9.90 Å². The number of hydrogen-bond donors (Lipinski definition) is 1. The van der Waals surface area contributed by atoms with E-state index < -0.39 is 12.0 Å². The fourth-order valence-electron chi connectivity index (χ4n) is 2.45. The minimum Gasteiger partial charge on any atom is -0.480 e. The van der Waals surface area contributed by atoms with E-state index in [1.165, 1.54) is 5.56 Å². The van der Waals surface area contributed by atoms with Gasteiger partial charge in [0.15, 0.2) is 0 Å². The van der Waals surface area contributed by atoms with Crippen molar-refractivity contribution < 1.29 is 9.90 Å². The summed E-state index contributed by atoms with van der Waals surface area (Å²) in [5.41, 5.74) is 2.15. The van der Waals surface area contributed by atoms with Crippen molar-refractivity contribution in [1.82, 2.24) is 4.90 Å². The second kappa shape index (κ2) is 5.32. The first-order chi connectivity index (χ1) is 8.22. The van der Waals surface area contributed by atoms with Crippen LogP contribution < -0.4 is 0 Å². The number of carbonyl (C=O) groups is 1. The molecular formula is C14H19NO2. The first-order valence-electron chi connectivity index (χ1n) is 6.28. The van der Waals surface area contributed by atoms with Gasteiger partial charge in [-0.1, -0.05) is 31.2 Å². The maximum atomic E-state index is 11.4. The van der Waals surface area contributed by atoms with Gasteiger partial charge in [0.05, 0.1) is 0 Å². The Labute approximate surface area is 102 Å². The molecule has 1 aliphatic rings. The molecular weight excluding hydrogens is 214 g/mol. The molecule has 1 aromatic carbocycles. The van der Waals surface area contributed by atoms with Crippen LogP contribution in [0.25, 0.3) is 0 Å². The molecule has 0 aromatic heterocycles. The van der Waals surface area contributed by atoms with Crippen LogP contribution in [0.5, 0.6) is 0 Å². The Balaban J connectivity index is 2.22. The monoisotopic (exact) mass is 233 g/mol. The van der Waals surface area contributed by atoms with Crippen LogP contribution in [-0.2, 0) is 11.2 Å². The molecule has 1 fully saturated rings. The van der Waals surface area contributed by atoms with E-state index in [1.807, 2.05) is 24.3 Å². The lowest BCUT2D eigenvalue weighted by Crippen LogP contribution is -2.31. The van der Waals surface area contributed by atoms with E-state index in [1.54, 1.807) is 0 Å². The summed E-state index contributed by atoms with van der Waals surface area (Å²) in [6, 6.07) is 7.50. The third kappa shape index (κ3) is 2.67. The van der Waals surface area contributed by atoms with E-state index in [2.05, 4.69) is 11.8 Å². The number of carboxylic acids is 1. The maximum absolute atomic E-state index is 11.4. The van der Waals surface area contributed by atoms with Crippen LogP contribution in [0.15, 0.2) is 24.3 Å². The van der Waals surface area contributed by atoms with E-state index in [4.69, 9.17) is 0 Å². The van der Waals surface area contributed by atoms with Crippen LogP contribution in [0, 0.1) is 0 Å². The SMILES string of the molecule is CCc1ccc([C@@H](C(=O)O)N2CCCC2)cc1. The number of rotatable bonds is 4. The van der Waals surface area contributed by atoms with Crippen molar-refractivity contribution in [3.05, 3.63) is 35.4 Å². The molecule has 0 unspecified atom stereocenters. The Hall–Kier alpha value is -1.35. The summed E-state index contributed by atoms with van der Waals surface area (Å²) < 4.78 is 0. The minimum absolute atomic E-state index is 0.469. The van der Waals surface area contributed by atoms with Crippen LogP contribution in [-0.4, -0.2) is 29.1 Å². The van der Waals surface area contributed by atoms with Crippen molar-refractivity contribution in [3.8, 4) is 0 Å². The highest BCUT2D eigenvalue weighted by Gasteiger charge is 2.29. The fourth-order valence-corrected chi connectivity index (χ4v) is 2.45. The second-order valence-corrected chi connectivity index (χ2v) is 4.58. The van der Waals surface area contributed by atoms with Crippen LogP contribution in [0.4, 0.5) is 0 Å². The van der Waals surface area contributed by atoms with Crippen molar-refractivity contribution in [2.75, 3.05) is 13.1 Å². The molecule has 0 radical (unpaired) electrons. The van der Waals surface area contributed by atoms with Gasteiger partial charge < -0.3 is 5.11 Å². The summed E-state index contributed by atoms with van der Waals surface area (Å²) in [5, 5.41) is 9.37. The molecule has 0 amide bonds. The van der Waals surface area contributed by atoms with Gasteiger partial charge in [-0.05, 0) is 43.5 Å². The van der Waals surface area contributed by atoms with Gasteiger partial charge in [0.1, 0.15) is 6.04 Å². The van der Waals surface area contributed by atoms with Crippen LogP contribution in [0.2, 0.25) is 0 Å². The molecule has 2 rings (SSSR count). The van der Waals surface area contributed by atoms with Gasteiger partial charge in [0, 0.05) is 0 Å². The molecule has 1 N–H and O–H groups in total. The summed E-state index contributed by atoms with van der Waals surface area (Å²) in [6.07, 6.45) is 3.20. The predicted octanol–water partition coefficient (Wildman–Crippen LogP) is 2.47. The lowest BCUT2D eigenvalue weighted by atomic mass is 10.0. The average Bonchev–Trinajstić information content (AvgIpc) is 2.83. The summed E-state index contributed by atoms with van der Waals surface area (Å²) in [7, 11) is 0. The molecule has 1 heterocycles. The topological polar surface area (TPSA) is 40.5 Å². The highest BCUT2D eigenvalue weighted by Crippen LogP contribution is 2.25. The fraction of sp³-hybridized carbons (Fsp3) is 0.500. The molecule has 1 saturated heterocycles. The third-order valence-electron chi connectivity index (χ3n) is 3.44. The minimum atomic E-state index is -0.740. The lowest BCUT2D eigenvalue weighted by molar-refractivity contribution is -0.143. The van der Waals surface area contributed by atoms with Crippen molar-refractivity contribution in [3.63, 3.8) is 0 Å². The largest absolute Gasteiger partial charge is 0.480 e. The van der Waals surface area contributed by atoms with E-state index >= 15 is 0 Å². The molecule has 17 heavy (non-hydrogen) atoms. The molecule has 0 spiro atoms. The number of nitrogens with zero attached hydrogens (tertiary/aromatic N) is 1. The smallest absolute Gasteiger partial charge is 0.325 e. The predicted molar refractivity (Wildman–Crippen MR) is 67.0 cm³/mol. The number of carboxylic acid groups (broad SMARTS) is 1. The number of likely N-dealkylation sites (tertiary alicyclic amines) is 1. The standard InChI is InChI=1S/C14H19NO2/c1-2-11-5-7-12(8-6-11)13(14(16)17)15-9-3-4-10-15/h5-8,13H,2-4,9-10H2,1H3,(H,16,17)/t13-/m0/s1. The molecule has 92 valence electrons. The van der Waals surface area contributed by atoms with Crippen molar-refractivity contribution in [2.24, 2.45) is 0 Å². The Kier molecular flexibility index (Phi) is 3.79. The highest BCUT2D eigenvalue weighted by molar-refractivity contribution is 5.75. The van der Waals surface area contributed by atoms with E-state index in [-0.39, 0.29) is 0 Å². The molecule has 1 aromatic rings. The third-order valence-corrected chi connectivity index (χ3v) is 3.44. The van der Waals surface area contributed by atoms with Crippen LogP contribution in [0.1, 0.15) is 36.9 Å². The number of aryl methyl sites for hydroxylation is 1. The van der Waals surface area contributed by atoms with Gasteiger partial charge in [0.25, 0.3) is 0 Å². The number of hydrogen-bond acceptors (Lipinski definition) is 2. The highest BCUT2D eigenvalue weighted by atomic mass is 16.4. The summed E-state index contributed by atoms with van der Waals surface area (Å²) >= 11 is 0. The average molecular weight is 233 g/mol. The second-order valence-electron chi connectivity index (χ2n) is 4.58. The molecule has 1 atom stereocenters. The molecule has 1 aliphatic heterocycles. The van der Waals surface area contributed by atoms with Crippen molar-refractivity contribution >= 4 is 5.97 Å². The summed E-state index contributed by atoms with van der Waals surface area (Å²) in [6.45, 7) is 3.89. The summed E-state index contributed by atoms with van der Waals surface area (Å²) in [4.78, 5) is 13.5. The number of benzene rings is 1. The Bertz CT molecular complexity index is 380. The normalized spacial score (nSPS) is 18.2. The van der Waals surface area contributed by atoms with E-state index in [0.717, 1.165) is 37.9 Å².